The van der Waals surface area contributed by atoms with Gasteiger partial charge in [-0.25, -0.2) is 14.4 Å². The quantitative estimate of drug-likeness (QED) is 0.283. The van der Waals surface area contributed by atoms with E-state index >= 15 is 0 Å². The van der Waals surface area contributed by atoms with Crippen LogP contribution in [-0.4, -0.2) is 82.3 Å². The Morgan fingerprint density at radius 2 is 1.89 bits per heavy atom. The lowest BCUT2D eigenvalue weighted by Crippen LogP contribution is -2.61. The molecule has 1 N–H and O–H groups in total. The van der Waals surface area contributed by atoms with Gasteiger partial charge in [0.05, 0.1) is 11.8 Å². The summed E-state index contributed by atoms with van der Waals surface area (Å²) >= 11 is 2.01. The van der Waals surface area contributed by atoms with Crippen molar-refractivity contribution in [3.63, 3.8) is 0 Å². The normalized spacial score (nSPS) is 23.8. The fourth-order valence-corrected chi connectivity index (χ4v) is 8.53. The Hall–Kier alpha value is -2.43. The minimum Gasteiger partial charge on any atom is -0.451 e. The van der Waals surface area contributed by atoms with Gasteiger partial charge >= 0.3 is 0 Å². The second kappa shape index (κ2) is 13.9. The van der Waals surface area contributed by atoms with Crippen molar-refractivity contribution < 1.29 is 13.9 Å². The highest BCUT2D eigenvalue weighted by molar-refractivity contribution is 7.98. The number of hydrogen-bond acceptors (Lipinski definition) is 8. The molecule has 2 aromatic rings. The van der Waals surface area contributed by atoms with Crippen molar-refractivity contribution in [1.82, 2.24) is 24.5 Å². The maximum absolute atomic E-state index is 14.3. The largest absolute Gasteiger partial charge is 0.451 e. The summed E-state index contributed by atoms with van der Waals surface area (Å²) in [4.78, 5) is 28.8. The summed E-state index contributed by atoms with van der Waals surface area (Å²) in [5, 5.41) is 0.865. The van der Waals surface area contributed by atoms with Crippen LogP contribution in [0, 0.1) is 17.2 Å². The number of halogens is 1. The molecule has 240 valence electrons. The Balaban J connectivity index is 1.01. The average Bonchev–Trinajstić information content (AvgIpc) is 2.98. The van der Waals surface area contributed by atoms with Crippen molar-refractivity contribution in [3.05, 3.63) is 42.1 Å². The molecule has 2 saturated heterocycles. The van der Waals surface area contributed by atoms with E-state index in [4.69, 9.17) is 4.74 Å². The Bertz CT molecular complexity index is 1270. The summed E-state index contributed by atoms with van der Waals surface area (Å²) < 4.78 is 24.3. The maximum atomic E-state index is 14.3. The highest BCUT2D eigenvalue weighted by Crippen LogP contribution is 2.45. The Morgan fingerprint density at radius 1 is 1.14 bits per heavy atom. The number of benzene rings is 1. The van der Waals surface area contributed by atoms with E-state index in [2.05, 4.69) is 24.5 Å². The zero-order valence-electron chi connectivity index (χ0n) is 26.6. The fourth-order valence-electron chi connectivity index (χ4n) is 7.34. The van der Waals surface area contributed by atoms with Crippen LogP contribution in [0.2, 0.25) is 0 Å². The molecule has 0 bridgehead atoms. The molecular weight excluding hydrogens is 575 g/mol. The van der Waals surface area contributed by atoms with Gasteiger partial charge < -0.3 is 19.4 Å². The zero-order chi connectivity index (χ0) is 30.7. The minimum absolute atomic E-state index is 0.0132. The Kier molecular flexibility index (Phi) is 9.98. The first-order valence-corrected chi connectivity index (χ1v) is 17.7. The molecule has 0 radical (unpaired) electrons. The van der Waals surface area contributed by atoms with Crippen molar-refractivity contribution >= 4 is 23.7 Å². The Morgan fingerprint density at radius 3 is 2.55 bits per heavy atom. The van der Waals surface area contributed by atoms with Gasteiger partial charge in [-0.2, -0.15) is 0 Å². The topological polar surface area (TPSA) is 73.8 Å². The lowest BCUT2D eigenvalue weighted by molar-refractivity contribution is 0.0618. The van der Waals surface area contributed by atoms with Crippen molar-refractivity contribution in [1.29, 1.82) is 0 Å². The molecule has 6 rings (SSSR count). The summed E-state index contributed by atoms with van der Waals surface area (Å²) in [5.74, 6) is 1.65. The van der Waals surface area contributed by atoms with E-state index in [0.29, 0.717) is 29.5 Å². The van der Waals surface area contributed by atoms with Gasteiger partial charge in [-0.15, -0.1) is 0 Å². The molecule has 0 unspecified atom stereocenters. The first kappa shape index (κ1) is 31.5. The number of ether oxygens (including phenoxy) is 1. The fraction of sp³-hybridized carbons (Fsp3) is 0.676. The van der Waals surface area contributed by atoms with Crippen molar-refractivity contribution in [2.75, 3.05) is 44.2 Å². The number of likely N-dealkylation sites (tertiary alicyclic amines) is 1. The predicted molar refractivity (Wildman–Crippen MR) is 175 cm³/mol. The lowest BCUT2D eigenvalue weighted by Gasteiger charge is -2.54. The number of piperidine rings is 1. The second-order valence-corrected chi connectivity index (χ2v) is 14.9. The van der Waals surface area contributed by atoms with Crippen molar-refractivity contribution in [3.8, 4) is 11.5 Å². The van der Waals surface area contributed by atoms with Gasteiger partial charge in [0.2, 0.25) is 0 Å². The smallest absolute Gasteiger partial charge is 0.257 e. The van der Waals surface area contributed by atoms with Gasteiger partial charge in [-0.3, -0.25) is 9.52 Å². The third-order valence-corrected chi connectivity index (χ3v) is 11.6. The molecule has 2 saturated carbocycles. The molecule has 3 heterocycles. The monoisotopic (exact) mass is 624 g/mol. The standard InChI is InChI=1S/C34H49FN6O2S/c1-4-41(24(2)3)33(42)29-18-26(35)10-13-30(29)43-31-19-36-23-37-32(31)40-21-34(22-40)14-16-39(17-15-34)20-25-8-11-27(12-9-25)38-44-28-6-5-7-28/h10,13,18-19,23-25,27-28,38H,4-9,11-12,14-17,20-22H2,1-3H3. The number of hydrogen-bond donors (Lipinski definition) is 1. The first-order chi connectivity index (χ1) is 21.3. The van der Waals surface area contributed by atoms with Gasteiger partial charge in [0.25, 0.3) is 5.91 Å². The molecule has 1 aromatic carbocycles. The minimum atomic E-state index is -0.468. The third kappa shape index (κ3) is 7.18. The van der Waals surface area contributed by atoms with Crippen LogP contribution < -0.4 is 14.4 Å². The van der Waals surface area contributed by atoms with Crippen LogP contribution in [-0.2, 0) is 0 Å². The number of anilines is 1. The predicted octanol–water partition coefficient (Wildman–Crippen LogP) is 6.53. The average molecular weight is 625 g/mol. The summed E-state index contributed by atoms with van der Waals surface area (Å²) in [7, 11) is 0. The van der Waals surface area contributed by atoms with Gasteiger partial charge in [0.15, 0.2) is 11.6 Å². The molecular formula is C34H49FN6O2S. The van der Waals surface area contributed by atoms with E-state index in [-0.39, 0.29) is 17.5 Å². The van der Waals surface area contributed by atoms with Crippen LogP contribution in [0.4, 0.5) is 10.2 Å². The number of nitrogens with one attached hydrogen (secondary N) is 1. The van der Waals surface area contributed by atoms with Gasteiger partial charge in [-0.1, -0.05) is 18.4 Å². The molecule has 4 aliphatic rings. The maximum Gasteiger partial charge on any atom is 0.257 e. The molecule has 10 heteroatoms. The SMILES string of the molecule is CCN(C(=O)c1cc(F)ccc1Oc1cncnc1N1CC2(CCN(CC3CCC(NSC4CCC4)CC3)CC2)C1)C(C)C. The number of carbonyl (C=O) groups is 1. The highest BCUT2D eigenvalue weighted by Gasteiger charge is 2.46. The molecule has 2 aliphatic carbocycles. The second-order valence-electron chi connectivity index (χ2n) is 13.8. The molecule has 1 spiro atoms. The van der Waals surface area contributed by atoms with Crippen LogP contribution in [0.1, 0.15) is 88.9 Å². The third-order valence-electron chi connectivity index (χ3n) is 10.4. The summed E-state index contributed by atoms with van der Waals surface area (Å²) in [6.45, 7) is 11.8. The van der Waals surface area contributed by atoms with Crippen molar-refractivity contribution in [2.24, 2.45) is 11.3 Å². The first-order valence-electron chi connectivity index (χ1n) is 16.8. The highest BCUT2D eigenvalue weighted by atomic mass is 32.2. The zero-order valence-corrected chi connectivity index (χ0v) is 27.5. The molecule has 4 fully saturated rings. The summed E-state index contributed by atoms with van der Waals surface area (Å²) in [6, 6.07) is 4.81. The lowest BCUT2D eigenvalue weighted by atomic mass is 9.71. The number of amides is 1. The van der Waals surface area contributed by atoms with E-state index in [1.807, 2.05) is 32.7 Å². The van der Waals surface area contributed by atoms with E-state index < -0.39 is 5.82 Å². The molecule has 0 atom stereocenters. The van der Waals surface area contributed by atoms with Crippen LogP contribution in [0.5, 0.6) is 11.5 Å². The molecule has 2 aliphatic heterocycles. The van der Waals surface area contributed by atoms with Crippen LogP contribution in [0.25, 0.3) is 0 Å². The number of carbonyl (C=O) groups excluding carboxylic acids is 1. The van der Waals surface area contributed by atoms with Gasteiger partial charge in [-0.05, 0) is 109 Å². The van der Waals surface area contributed by atoms with E-state index in [1.54, 1.807) is 17.4 Å². The molecule has 44 heavy (non-hydrogen) atoms. The molecule has 8 nitrogen and oxygen atoms in total. The van der Waals surface area contributed by atoms with Crippen LogP contribution in [0.3, 0.4) is 0 Å². The molecule has 1 aromatic heterocycles. The Labute approximate surface area is 266 Å². The van der Waals surface area contributed by atoms with E-state index in [1.165, 1.54) is 95.6 Å². The van der Waals surface area contributed by atoms with Crippen LogP contribution in [0.15, 0.2) is 30.7 Å². The summed E-state index contributed by atoms with van der Waals surface area (Å²) in [5.41, 5.74) is 0.523. The van der Waals surface area contributed by atoms with Gasteiger partial charge in [0, 0.05) is 48.9 Å². The summed E-state index contributed by atoms with van der Waals surface area (Å²) in [6.07, 6.45) is 15.1. The van der Waals surface area contributed by atoms with Gasteiger partial charge in [0.1, 0.15) is 17.9 Å². The van der Waals surface area contributed by atoms with E-state index in [9.17, 15) is 9.18 Å². The van der Waals surface area contributed by atoms with Crippen LogP contribution >= 0.6 is 11.9 Å². The number of aromatic nitrogens is 2. The number of nitrogens with zero attached hydrogens (tertiary/aromatic N) is 5. The molecule has 1 amide bonds. The van der Waals surface area contributed by atoms with Crippen molar-refractivity contribution in [2.45, 2.75) is 95.9 Å². The number of rotatable bonds is 11. The van der Waals surface area contributed by atoms with E-state index in [0.717, 1.165) is 30.1 Å².